The van der Waals surface area contributed by atoms with E-state index in [1.165, 1.54) is 24.6 Å². The van der Waals surface area contributed by atoms with E-state index < -0.39 is 0 Å². The van der Waals surface area contributed by atoms with Crippen LogP contribution in [0.2, 0.25) is 5.02 Å². The van der Waals surface area contributed by atoms with Crippen molar-refractivity contribution >= 4 is 23.4 Å². The maximum Gasteiger partial charge on any atom is 0.237 e. The third kappa shape index (κ3) is 3.55. The van der Waals surface area contributed by atoms with Gasteiger partial charge in [0.1, 0.15) is 5.82 Å². The molecule has 0 aliphatic heterocycles. The summed E-state index contributed by atoms with van der Waals surface area (Å²) >= 11 is 7.69. The first kappa shape index (κ1) is 17.5. The van der Waals surface area contributed by atoms with Crippen LogP contribution < -0.4 is 0 Å². The zero-order valence-electron chi connectivity index (χ0n) is 14.8. The van der Waals surface area contributed by atoms with Crippen LogP contribution in [0.15, 0.2) is 64.3 Å². The van der Waals surface area contributed by atoms with Gasteiger partial charge in [-0.05, 0) is 37.1 Å². The highest BCUT2D eigenvalue weighted by Crippen LogP contribution is 2.40. The molecule has 1 aliphatic carbocycles. The first-order valence-electron chi connectivity index (χ1n) is 9.00. The number of aromatic nitrogens is 5. The lowest BCUT2D eigenvalue weighted by atomic mass is 10.2. The normalized spacial score (nSPS) is 13.8. The van der Waals surface area contributed by atoms with Crippen LogP contribution in [0.25, 0.3) is 17.1 Å². The highest BCUT2D eigenvalue weighted by molar-refractivity contribution is 7.98. The van der Waals surface area contributed by atoms with Crippen LogP contribution in [0.3, 0.4) is 0 Å². The molecule has 0 bridgehead atoms. The zero-order valence-corrected chi connectivity index (χ0v) is 16.4. The molecule has 4 aromatic rings. The Bertz CT molecular complexity index is 1110. The predicted octanol–water partition coefficient (Wildman–Crippen LogP) is 5.14. The van der Waals surface area contributed by atoms with E-state index in [0.29, 0.717) is 33.6 Å². The Morgan fingerprint density at radius 2 is 1.82 bits per heavy atom. The van der Waals surface area contributed by atoms with Crippen molar-refractivity contribution in [2.24, 2.45) is 0 Å². The van der Waals surface area contributed by atoms with E-state index >= 15 is 0 Å². The molecule has 1 aliphatic rings. The van der Waals surface area contributed by atoms with Crippen molar-refractivity contribution in [1.82, 2.24) is 24.9 Å². The molecule has 0 amide bonds. The van der Waals surface area contributed by atoms with E-state index in [0.717, 1.165) is 17.1 Å². The summed E-state index contributed by atoms with van der Waals surface area (Å²) in [5.41, 5.74) is 1.79. The average Bonchev–Trinajstić information content (AvgIpc) is 3.31. The smallest absolute Gasteiger partial charge is 0.237 e. The molecule has 1 saturated carbocycles. The van der Waals surface area contributed by atoms with Gasteiger partial charge in [0.15, 0.2) is 0 Å². The Kier molecular flexibility index (Phi) is 4.62. The average molecular weight is 410 g/mol. The molecule has 0 N–H and O–H groups in total. The summed E-state index contributed by atoms with van der Waals surface area (Å²) < 4.78 is 7.32. The minimum atomic E-state index is 0.489. The highest BCUT2D eigenvalue weighted by Gasteiger charge is 2.30. The maximum absolute atomic E-state index is 6.21. The minimum Gasteiger partial charge on any atom is -0.338 e. The molecule has 5 rings (SSSR count). The van der Waals surface area contributed by atoms with Gasteiger partial charge in [0.05, 0.1) is 16.5 Å². The number of halogens is 1. The molecule has 2 aromatic heterocycles. The van der Waals surface area contributed by atoms with Crippen LogP contribution in [0.1, 0.15) is 30.5 Å². The van der Waals surface area contributed by atoms with E-state index in [1.807, 2.05) is 53.2 Å². The van der Waals surface area contributed by atoms with Crippen LogP contribution in [-0.4, -0.2) is 24.9 Å². The van der Waals surface area contributed by atoms with Crippen molar-refractivity contribution < 1.29 is 4.52 Å². The number of para-hydroxylation sites is 1. The standard InChI is InChI=1S/C20H16ClN5OS/c21-16-9-5-4-8-15(16)18-22-17(27-25-18)12-28-20-23-19(13-10-11-13)26(24-20)14-6-2-1-3-7-14/h1-9,13H,10-12H2. The summed E-state index contributed by atoms with van der Waals surface area (Å²) in [5.74, 6) is 3.03. The number of nitrogens with zero attached hydrogens (tertiary/aromatic N) is 5. The first-order valence-corrected chi connectivity index (χ1v) is 10.4. The van der Waals surface area contributed by atoms with Gasteiger partial charge in [-0.3, -0.25) is 0 Å². The van der Waals surface area contributed by atoms with E-state index in [-0.39, 0.29) is 0 Å². The number of thioether (sulfide) groups is 1. The van der Waals surface area contributed by atoms with Gasteiger partial charge in [-0.2, -0.15) is 4.98 Å². The third-order valence-corrected chi connectivity index (χ3v) is 5.62. The summed E-state index contributed by atoms with van der Waals surface area (Å²) in [5, 5.41) is 10.0. The monoisotopic (exact) mass is 409 g/mol. The Balaban J connectivity index is 1.34. The molecule has 140 valence electrons. The summed E-state index contributed by atoms with van der Waals surface area (Å²) in [6.45, 7) is 0. The van der Waals surface area contributed by atoms with Crippen LogP contribution in [0.5, 0.6) is 0 Å². The van der Waals surface area contributed by atoms with E-state index in [9.17, 15) is 0 Å². The second-order valence-corrected chi connectivity index (χ2v) is 7.90. The van der Waals surface area contributed by atoms with Crippen molar-refractivity contribution in [3.63, 3.8) is 0 Å². The van der Waals surface area contributed by atoms with Crippen LogP contribution >= 0.6 is 23.4 Å². The molecular weight excluding hydrogens is 394 g/mol. The van der Waals surface area contributed by atoms with Gasteiger partial charge >= 0.3 is 0 Å². The molecule has 1 fully saturated rings. The number of benzene rings is 2. The number of hydrogen-bond acceptors (Lipinski definition) is 6. The number of hydrogen-bond donors (Lipinski definition) is 0. The second-order valence-electron chi connectivity index (χ2n) is 6.55. The summed E-state index contributed by atoms with van der Waals surface area (Å²) in [7, 11) is 0. The molecule has 0 radical (unpaired) electrons. The zero-order chi connectivity index (χ0) is 18.9. The van der Waals surface area contributed by atoms with Crippen LogP contribution in [-0.2, 0) is 5.75 Å². The third-order valence-electron chi connectivity index (χ3n) is 4.46. The van der Waals surface area contributed by atoms with Gasteiger partial charge in [0.25, 0.3) is 0 Å². The molecule has 2 heterocycles. The Labute approximate surface area is 170 Å². The van der Waals surface area contributed by atoms with E-state index in [2.05, 4.69) is 10.1 Å². The molecule has 28 heavy (non-hydrogen) atoms. The first-order chi connectivity index (χ1) is 13.8. The second kappa shape index (κ2) is 7.41. The SMILES string of the molecule is Clc1ccccc1-c1noc(CSc2nc(C3CC3)n(-c3ccccc3)n2)n1. The predicted molar refractivity (Wildman–Crippen MR) is 108 cm³/mol. The molecule has 0 unspecified atom stereocenters. The Hall–Kier alpha value is -2.64. The molecule has 2 aromatic carbocycles. The van der Waals surface area contributed by atoms with Gasteiger partial charge in [0, 0.05) is 11.5 Å². The van der Waals surface area contributed by atoms with Crippen LogP contribution in [0, 0.1) is 0 Å². The van der Waals surface area contributed by atoms with Gasteiger partial charge in [-0.25, -0.2) is 9.67 Å². The van der Waals surface area contributed by atoms with Gasteiger partial charge in [-0.15, -0.1) is 5.10 Å². The molecule has 0 atom stereocenters. The summed E-state index contributed by atoms with van der Waals surface area (Å²) in [4.78, 5) is 9.19. The van der Waals surface area contributed by atoms with Crippen LogP contribution in [0.4, 0.5) is 0 Å². The molecular formula is C20H16ClN5OS. The topological polar surface area (TPSA) is 69.6 Å². The minimum absolute atomic E-state index is 0.489. The lowest BCUT2D eigenvalue weighted by Gasteiger charge is -2.03. The fourth-order valence-corrected chi connectivity index (χ4v) is 3.81. The van der Waals surface area contributed by atoms with Gasteiger partial charge < -0.3 is 4.52 Å². The Morgan fingerprint density at radius 1 is 1.04 bits per heavy atom. The van der Waals surface area contributed by atoms with Crippen molar-refractivity contribution in [3.8, 4) is 17.1 Å². The van der Waals surface area contributed by atoms with Gasteiger partial charge in [0.2, 0.25) is 16.9 Å². The molecule has 0 saturated heterocycles. The van der Waals surface area contributed by atoms with Gasteiger partial charge in [-0.1, -0.05) is 58.9 Å². The van der Waals surface area contributed by atoms with E-state index in [1.54, 1.807) is 6.07 Å². The lowest BCUT2D eigenvalue weighted by molar-refractivity contribution is 0.391. The van der Waals surface area contributed by atoms with Crippen molar-refractivity contribution in [2.75, 3.05) is 0 Å². The van der Waals surface area contributed by atoms with Crippen molar-refractivity contribution in [1.29, 1.82) is 0 Å². The quantitative estimate of drug-likeness (QED) is 0.410. The molecule has 6 nitrogen and oxygen atoms in total. The molecule has 8 heteroatoms. The summed E-state index contributed by atoms with van der Waals surface area (Å²) in [6, 6.07) is 17.5. The molecule has 0 spiro atoms. The fourth-order valence-electron chi connectivity index (χ4n) is 2.92. The Morgan fingerprint density at radius 3 is 2.61 bits per heavy atom. The summed E-state index contributed by atoms with van der Waals surface area (Å²) in [6.07, 6.45) is 2.33. The van der Waals surface area contributed by atoms with Crippen molar-refractivity contribution in [3.05, 3.63) is 71.3 Å². The maximum atomic E-state index is 6.21. The largest absolute Gasteiger partial charge is 0.338 e. The number of rotatable bonds is 6. The van der Waals surface area contributed by atoms with Crippen molar-refractivity contribution in [2.45, 2.75) is 29.7 Å². The fraction of sp³-hybridized carbons (Fsp3) is 0.200. The van der Waals surface area contributed by atoms with E-state index in [4.69, 9.17) is 26.2 Å². The lowest BCUT2D eigenvalue weighted by Crippen LogP contribution is -2.01. The highest BCUT2D eigenvalue weighted by atomic mass is 35.5.